The number of H-pyrrole nitrogens is 1. The van der Waals surface area contributed by atoms with Crippen molar-refractivity contribution in [2.75, 3.05) is 7.05 Å². The maximum Gasteiger partial charge on any atom is 0.410 e. The molecule has 2 heterocycles. The first kappa shape index (κ1) is 26.9. The van der Waals surface area contributed by atoms with E-state index in [0.29, 0.717) is 22.2 Å². The summed E-state index contributed by atoms with van der Waals surface area (Å²) in [5, 5.41) is 2.53. The third-order valence-corrected chi connectivity index (χ3v) is 5.70. The first-order chi connectivity index (χ1) is 17.8. The maximum atomic E-state index is 13.4. The zero-order chi connectivity index (χ0) is 27.7. The molecule has 2 aromatic carbocycles. The molecule has 2 aromatic heterocycles. The molecule has 4 aromatic rings. The normalized spacial score (nSPS) is 12.3. The largest absolute Gasteiger partial charge is 0.456 e. The van der Waals surface area contributed by atoms with Crippen LogP contribution in [0, 0.1) is 0 Å². The SMILES string of the molecule is CN(Cc1nc2c(ccc3c[nH]c(/C=C/c4ccccc4)cc32)c1C(=O)OC(C)(C)C)C(=O)OC(C)(C)C. The standard InChI is InChI=1S/C31H35N3O4/c1-30(2,3)37-28(35)26-23-16-14-21-18-32-22(15-13-20-11-9-8-10-12-20)17-24(21)27(23)33-25(26)19-34(7)29(36)38-31(4,5)6/h8-18,32H,19H2,1-7H3/b15-13+. The van der Waals surface area contributed by atoms with Gasteiger partial charge in [0.15, 0.2) is 0 Å². The third-order valence-electron chi connectivity index (χ3n) is 5.70. The van der Waals surface area contributed by atoms with Gasteiger partial charge < -0.3 is 19.4 Å². The molecule has 0 fully saturated rings. The second-order valence-electron chi connectivity index (χ2n) is 11.4. The molecule has 0 saturated heterocycles. The molecule has 38 heavy (non-hydrogen) atoms. The summed E-state index contributed by atoms with van der Waals surface area (Å²) >= 11 is 0. The summed E-state index contributed by atoms with van der Waals surface area (Å²) in [5.74, 6) is -0.473. The van der Waals surface area contributed by atoms with Gasteiger partial charge in [-0.15, -0.1) is 0 Å². The predicted octanol–water partition coefficient (Wildman–Crippen LogP) is 7.21. The van der Waals surface area contributed by atoms with Crippen molar-refractivity contribution < 1.29 is 19.1 Å². The number of rotatable bonds is 5. The van der Waals surface area contributed by atoms with E-state index < -0.39 is 23.3 Å². The van der Waals surface area contributed by atoms with Gasteiger partial charge in [0.05, 0.1) is 23.3 Å². The number of amides is 1. The Morgan fingerprint density at radius 2 is 1.61 bits per heavy atom. The fourth-order valence-corrected chi connectivity index (χ4v) is 4.07. The number of pyridine rings is 1. The molecule has 0 radical (unpaired) electrons. The monoisotopic (exact) mass is 513 g/mol. The highest BCUT2D eigenvalue weighted by molar-refractivity contribution is 6.14. The van der Waals surface area contributed by atoms with Gasteiger partial charge in [0.25, 0.3) is 0 Å². The lowest BCUT2D eigenvalue weighted by Gasteiger charge is -2.24. The molecule has 198 valence electrons. The number of aromatic amines is 1. The van der Waals surface area contributed by atoms with Gasteiger partial charge in [-0.2, -0.15) is 0 Å². The molecule has 0 spiro atoms. The number of esters is 1. The molecule has 0 atom stereocenters. The van der Waals surface area contributed by atoms with Gasteiger partial charge in [0.2, 0.25) is 0 Å². The van der Waals surface area contributed by atoms with E-state index in [-0.39, 0.29) is 6.54 Å². The second kappa shape index (κ2) is 10.3. The van der Waals surface area contributed by atoms with E-state index in [0.717, 1.165) is 22.0 Å². The Bertz CT molecular complexity index is 1510. The Morgan fingerprint density at radius 3 is 2.26 bits per heavy atom. The summed E-state index contributed by atoms with van der Waals surface area (Å²) in [6.07, 6.45) is 5.47. The molecule has 0 unspecified atom stereocenters. The number of nitrogens with zero attached hydrogens (tertiary/aromatic N) is 2. The van der Waals surface area contributed by atoms with Crippen LogP contribution in [0.5, 0.6) is 0 Å². The Morgan fingerprint density at radius 1 is 0.921 bits per heavy atom. The zero-order valence-corrected chi connectivity index (χ0v) is 23.1. The lowest BCUT2D eigenvalue weighted by molar-refractivity contribution is 0.00659. The van der Waals surface area contributed by atoms with Crippen LogP contribution < -0.4 is 0 Å². The number of hydrogen-bond acceptors (Lipinski definition) is 5. The molecular weight excluding hydrogens is 478 g/mol. The van der Waals surface area contributed by atoms with Gasteiger partial charge in [-0.05, 0) is 64.6 Å². The van der Waals surface area contributed by atoms with Gasteiger partial charge in [-0.1, -0.05) is 48.5 Å². The van der Waals surface area contributed by atoms with Crippen molar-refractivity contribution in [1.29, 1.82) is 0 Å². The van der Waals surface area contributed by atoms with Crippen molar-refractivity contribution in [2.45, 2.75) is 59.3 Å². The summed E-state index contributed by atoms with van der Waals surface area (Å²) in [6.45, 7) is 11.0. The van der Waals surface area contributed by atoms with Crippen molar-refractivity contribution >= 4 is 45.9 Å². The lowest BCUT2D eigenvalue weighted by atomic mass is 10.0. The maximum absolute atomic E-state index is 13.4. The second-order valence-corrected chi connectivity index (χ2v) is 11.4. The van der Waals surface area contributed by atoms with Crippen molar-refractivity contribution in [1.82, 2.24) is 14.9 Å². The fraction of sp³-hybridized carbons (Fsp3) is 0.323. The summed E-state index contributed by atoms with van der Waals surface area (Å²) < 4.78 is 11.3. The molecule has 0 saturated carbocycles. The number of carbonyl (C=O) groups excluding carboxylic acids is 2. The van der Waals surface area contributed by atoms with E-state index in [1.165, 1.54) is 4.90 Å². The van der Waals surface area contributed by atoms with Crippen LogP contribution in [0.25, 0.3) is 33.8 Å². The van der Waals surface area contributed by atoms with Crippen LogP contribution in [-0.2, 0) is 16.0 Å². The van der Waals surface area contributed by atoms with E-state index in [1.54, 1.807) is 7.05 Å². The smallest absolute Gasteiger partial charge is 0.410 e. The lowest BCUT2D eigenvalue weighted by Crippen LogP contribution is -2.34. The molecule has 7 heteroatoms. The first-order valence-electron chi connectivity index (χ1n) is 12.6. The minimum Gasteiger partial charge on any atom is -0.456 e. The summed E-state index contributed by atoms with van der Waals surface area (Å²) in [6, 6.07) is 15.9. The van der Waals surface area contributed by atoms with Gasteiger partial charge >= 0.3 is 12.1 Å². The van der Waals surface area contributed by atoms with E-state index in [9.17, 15) is 9.59 Å². The van der Waals surface area contributed by atoms with E-state index in [4.69, 9.17) is 14.5 Å². The predicted molar refractivity (Wildman–Crippen MR) is 152 cm³/mol. The van der Waals surface area contributed by atoms with Crippen molar-refractivity contribution in [3.05, 3.63) is 77.2 Å². The quantitative estimate of drug-likeness (QED) is 0.285. The van der Waals surface area contributed by atoms with E-state index in [2.05, 4.69) is 4.98 Å². The van der Waals surface area contributed by atoms with Crippen molar-refractivity contribution in [2.24, 2.45) is 0 Å². The van der Waals surface area contributed by atoms with E-state index >= 15 is 0 Å². The van der Waals surface area contributed by atoms with Crippen LogP contribution in [0.3, 0.4) is 0 Å². The number of nitrogens with one attached hydrogen (secondary N) is 1. The van der Waals surface area contributed by atoms with Gasteiger partial charge in [0, 0.05) is 29.7 Å². The molecular formula is C31H35N3O4. The number of hydrogen-bond donors (Lipinski definition) is 1. The summed E-state index contributed by atoms with van der Waals surface area (Å²) in [5.41, 5.74) is 2.16. The number of benzene rings is 2. The van der Waals surface area contributed by atoms with Crippen LogP contribution >= 0.6 is 0 Å². The Labute approximate surface area is 223 Å². The Kier molecular flexibility index (Phi) is 7.31. The minimum atomic E-state index is -0.684. The summed E-state index contributed by atoms with van der Waals surface area (Å²) in [4.78, 5) is 35.7. The average Bonchev–Trinajstić information content (AvgIpc) is 3.19. The molecule has 0 aliphatic heterocycles. The molecule has 0 aliphatic rings. The third kappa shape index (κ3) is 6.40. The van der Waals surface area contributed by atoms with Crippen LogP contribution in [0.1, 0.15) is 68.9 Å². The number of fused-ring (bicyclic) bond motifs is 3. The number of aromatic nitrogens is 2. The molecule has 4 rings (SSSR count). The molecule has 1 N–H and O–H groups in total. The number of carbonyl (C=O) groups is 2. The topological polar surface area (TPSA) is 84.5 Å². The van der Waals surface area contributed by atoms with Crippen LogP contribution in [0.2, 0.25) is 0 Å². The van der Waals surface area contributed by atoms with Gasteiger partial charge in [-0.3, -0.25) is 0 Å². The Balaban J connectivity index is 1.80. The fourth-order valence-electron chi connectivity index (χ4n) is 4.07. The van der Waals surface area contributed by atoms with Crippen molar-refractivity contribution in [3.63, 3.8) is 0 Å². The number of ether oxygens (including phenoxy) is 2. The summed E-state index contributed by atoms with van der Waals surface area (Å²) in [7, 11) is 1.63. The zero-order valence-electron chi connectivity index (χ0n) is 23.1. The van der Waals surface area contributed by atoms with Crippen LogP contribution in [0.15, 0.2) is 54.7 Å². The van der Waals surface area contributed by atoms with Crippen LogP contribution in [-0.4, -0.2) is 45.2 Å². The molecule has 7 nitrogen and oxygen atoms in total. The molecule has 0 aliphatic carbocycles. The van der Waals surface area contributed by atoms with E-state index in [1.807, 2.05) is 108 Å². The highest BCUT2D eigenvalue weighted by atomic mass is 16.6. The van der Waals surface area contributed by atoms with Crippen molar-refractivity contribution in [3.8, 4) is 0 Å². The molecule has 0 bridgehead atoms. The molecule has 1 amide bonds. The highest BCUT2D eigenvalue weighted by Gasteiger charge is 2.28. The first-order valence-corrected chi connectivity index (χ1v) is 12.6. The highest BCUT2D eigenvalue weighted by Crippen LogP contribution is 2.32. The average molecular weight is 514 g/mol. The van der Waals surface area contributed by atoms with Gasteiger partial charge in [0.1, 0.15) is 11.2 Å². The van der Waals surface area contributed by atoms with Gasteiger partial charge in [-0.25, -0.2) is 14.6 Å². The Hall–Kier alpha value is -4.13. The van der Waals surface area contributed by atoms with Crippen LogP contribution in [0.4, 0.5) is 4.79 Å². The minimum absolute atomic E-state index is 0.0966.